The van der Waals surface area contributed by atoms with Crippen molar-refractivity contribution < 1.29 is 8.42 Å². The van der Waals surface area contributed by atoms with E-state index in [1.165, 1.54) is 4.31 Å². The van der Waals surface area contributed by atoms with E-state index in [4.69, 9.17) is 0 Å². The molecule has 0 saturated carbocycles. The Kier molecular flexibility index (Phi) is 4.52. The van der Waals surface area contributed by atoms with Crippen molar-refractivity contribution in [1.82, 2.24) is 4.31 Å². The summed E-state index contributed by atoms with van der Waals surface area (Å²) in [5.41, 5.74) is 0.848. The third kappa shape index (κ3) is 3.06. The number of alkyl halides is 1. The molecule has 0 saturated heterocycles. The summed E-state index contributed by atoms with van der Waals surface area (Å²) in [7, 11) is -0.250. The number of halogens is 1. The second-order valence-corrected chi connectivity index (χ2v) is 7.56. The van der Waals surface area contributed by atoms with Gasteiger partial charge in [-0.15, -0.1) is 0 Å². The van der Waals surface area contributed by atoms with Crippen LogP contribution in [0.1, 0.15) is 12.5 Å². The summed E-state index contributed by atoms with van der Waals surface area (Å²) < 4.78 is 25.3. The van der Waals surface area contributed by atoms with Gasteiger partial charge < -0.3 is 0 Å². The highest BCUT2D eigenvalue weighted by Gasteiger charge is 2.20. The molecule has 1 atom stereocenters. The fraction of sp³-hybridized carbons (Fsp3) is 0.455. The lowest BCUT2D eigenvalue weighted by Gasteiger charge is -2.15. The molecule has 1 aromatic rings. The minimum Gasteiger partial charge on any atom is -0.207 e. The monoisotopic (exact) mass is 305 g/mol. The van der Waals surface area contributed by atoms with Crippen LogP contribution in [-0.2, 0) is 16.4 Å². The number of hydrogen-bond acceptors (Lipinski definition) is 2. The van der Waals surface area contributed by atoms with Crippen LogP contribution >= 0.6 is 15.9 Å². The van der Waals surface area contributed by atoms with Crippen molar-refractivity contribution in [2.75, 3.05) is 14.1 Å². The predicted molar refractivity (Wildman–Crippen MR) is 69.4 cm³/mol. The van der Waals surface area contributed by atoms with Gasteiger partial charge in [-0.05, 0) is 18.1 Å². The Balaban J connectivity index is 3.24. The van der Waals surface area contributed by atoms with Crippen molar-refractivity contribution in [2.45, 2.75) is 23.1 Å². The Hall–Kier alpha value is -0.390. The molecule has 0 aliphatic heterocycles. The first-order chi connectivity index (χ1) is 7.35. The molecule has 0 bridgehead atoms. The molecule has 5 heteroatoms. The summed E-state index contributed by atoms with van der Waals surface area (Å²) in [5.74, 6) is 0. The summed E-state index contributed by atoms with van der Waals surface area (Å²) in [4.78, 5) is 0.650. The molecular weight excluding hydrogens is 290 g/mol. The van der Waals surface area contributed by atoms with Crippen LogP contribution in [0, 0.1) is 0 Å². The average molecular weight is 306 g/mol. The zero-order valence-electron chi connectivity index (χ0n) is 9.64. The molecule has 0 aromatic heterocycles. The number of rotatable bonds is 4. The van der Waals surface area contributed by atoms with Gasteiger partial charge in [0, 0.05) is 18.9 Å². The van der Waals surface area contributed by atoms with E-state index < -0.39 is 10.0 Å². The van der Waals surface area contributed by atoms with Gasteiger partial charge in [0.2, 0.25) is 10.0 Å². The van der Waals surface area contributed by atoms with Crippen molar-refractivity contribution in [3.05, 3.63) is 29.8 Å². The van der Waals surface area contributed by atoms with E-state index in [9.17, 15) is 8.42 Å². The van der Waals surface area contributed by atoms with Crippen LogP contribution in [0.2, 0.25) is 0 Å². The summed E-state index contributed by atoms with van der Waals surface area (Å²) in [6, 6.07) is 7.12. The van der Waals surface area contributed by atoms with Crippen LogP contribution in [0.4, 0.5) is 0 Å². The van der Waals surface area contributed by atoms with Crippen LogP contribution in [0.3, 0.4) is 0 Å². The van der Waals surface area contributed by atoms with Crippen LogP contribution in [0.15, 0.2) is 29.2 Å². The van der Waals surface area contributed by atoms with Gasteiger partial charge in [-0.2, -0.15) is 0 Å². The van der Waals surface area contributed by atoms with Crippen molar-refractivity contribution >= 4 is 26.0 Å². The maximum Gasteiger partial charge on any atom is 0.242 e. The normalized spacial score (nSPS) is 14.1. The van der Waals surface area contributed by atoms with E-state index in [0.29, 0.717) is 11.3 Å². The Morgan fingerprint density at radius 2 is 1.88 bits per heavy atom. The molecule has 16 heavy (non-hydrogen) atoms. The molecule has 0 fully saturated rings. The maximum absolute atomic E-state index is 12.0. The highest BCUT2D eigenvalue weighted by Crippen LogP contribution is 2.21. The first kappa shape index (κ1) is 13.7. The molecule has 0 radical (unpaired) electrons. The molecule has 0 aliphatic rings. The van der Waals surface area contributed by atoms with Crippen LogP contribution in [-0.4, -0.2) is 31.6 Å². The Morgan fingerprint density at radius 3 is 2.38 bits per heavy atom. The molecule has 3 nitrogen and oxygen atoms in total. The Labute approximate surface area is 106 Å². The zero-order chi connectivity index (χ0) is 12.3. The SMILES string of the molecule is CC(Br)Cc1ccccc1S(=O)(=O)N(C)C. The lowest BCUT2D eigenvalue weighted by molar-refractivity contribution is 0.519. The van der Waals surface area contributed by atoms with Gasteiger partial charge >= 0.3 is 0 Å². The molecular formula is C11H16BrNO2S. The van der Waals surface area contributed by atoms with Gasteiger partial charge in [0.25, 0.3) is 0 Å². The van der Waals surface area contributed by atoms with Gasteiger partial charge in [0.05, 0.1) is 4.90 Å². The molecule has 0 spiro atoms. The highest BCUT2D eigenvalue weighted by molar-refractivity contribution is 9.09. The van der Waals surface area contributed by atoms with E-state index in [0.717, 1.165) is 5.56 Å². The van der Waals surface area contributed by atoms with E-state index >= 15 is 0 Å². The van der Waals surface area contributed by atoms with Gasteiger partial charge in [0.1, 0.15) is 0 Å². The largest absolute Gasteiger partial charge is 0.242 e. The summed E-state index contributed by atoms with van der Waals surface area (Å²) >= 11 is 3.44. The first-order valence-corrected chi connectivity index (χ1v) is 7.35. The third-order valence-electron chi connectivity index (χ3n) is 2.23. The van der Waals surface area contributed by atoms with E-state index in [-0.39, 0.29) is 4.83 Å². The second kappa shape index (κ2) is 5.29. The fourth-order valence-corrected chi connectivity index (χ4v) is 2.90. The lowest BCUT2D eigenvalue weighted by Crippen LogP contribution is -2.23. The third-order valence-corrected chi connectivity index (χ3v) is 4.47. The zero-order valence-corrected chi connectivity index (χ0v) is 12.0. The lowest BCUT2D eigenvalue weighted by atomic mass is 10.1. The summed E-state index contributed by atoms with van der Waals surface area (Å²) in [6.07, 6.45) is 0.698. The molecule has 0 amide bonds. The Morgan fingerprint density at radius 1 is 1.31 bits per heavy atom. The number of benzene rings is 1. The molecule has 1 aromatic carbocycles. The van der Waals surface area contributed by atoms with Crippen molar-refractivity contribution in [3.8, 4) is 0 Å². The summed E-state index contributed by atoms with van der Waals surface area (Å²) in [6.45, 7) is 2.00. The van der Waals surface area contributed by atoms with Crippen molar-refractivity contribution in [1.29, 1.82) is 0 Å². The predicted octanol–water partition coefficient (Wildman–Crippen LogP) is 2.26. The number of hydrogen-bond donors (Lipinski definition) is 0. The minimum absolute atomic E-state index is 0.256. The van der Waals surface area contributed by atoms with E-state index in [1.807, 2.05) is 19.1 Å². The molecule has 1 rings (SSSR count). The topological polar surface area (TPSA) is 37.4 Å². The molecule has 90 valence electrons. The minimum atomic E-state index is -3.34. The van der Waals surface area contributed by atoms with Crippen LogP contribution in [0.5, 0.6) is 0 Å². The van der Waals surface area contributed by atoms with Crippen molar-refractivity contribution in [2.24, 2.45) is 0 Å². The molecule has 0 N–H and O–H groups in total. The highest BCUT2D eigenvalue weighted by atomic mass is 79.9. The smallest absolute Gasteiger partial charge is 0.207 e. The van der Waals surface area contributed by atoms with Crippen LogP contribution < -0.4 is 0 Å². The number of nitrogens with zero attached hydrogens (tertiary/aromatic N) is 1. The van der Waals surface area contributed by atoms with Gasteiger partial charge in [0.15, 0.2) is 0 Å². The molecule has 1 unspecified atom stereocenters. The van der Waals surface area contributed by atoms with Gasteiger partial charge in [-0.3, -0.25) is 0 Å². The second-order valence-electron chi connectivity index (χ2n) is 3.88. The quantitative estimate of drug-likeness (QED) is 0.800. The molecule has 0 heterocycles. The maximum atomic E-state index is 12.0. The van der Waals surface area contributed by atoms with Crippen molar-refractivity contribution in [3.63, 3.8) is 0 Å². The first-order valence-electron chi connectivity index (χ1n) is 5.00. The average Bonchev–Trinajstić information content (AvgIpc) is 2.17. The van der Waals surface area contributed by atoms with E-state index in [1.54, 1.807) is 26.2 Å². The summed E-state index contributed by atoms with van der Waals surface area (Å²) in [5, 5.41) is 0. The van der Waals surface area contributed by atoms with Gasteiger partial charge in [-0.1, -0.05) is 41.1 Å². The Bertz CT molecular complexity index is 455. The van der Waals surface area contributed by atoms with E-state index in [2.05, 4.69) is 15.9 Å². The molecule has 0 aliphatic carbocycles. The van der Waals surface area contributed by atoms with Gasteiger partial charge in [-0.25, -0.2) is 12.7 Å². The fourth-order valence-electron chi connectivity index (χ4n) is 1.42. The van der Waals surface area contributed by atoms with Crippen LogP contribution in [0.25, 0.3) is 0 Å². The number of sulfonamides is 1. The standard InChI is InChI=1S/C11H16BrNO2S/c1-9(12)8-10-6-4-5-7-11(10)16(14,15)13(2)3/h4-7,9H,8H2,1-3H3.